The van der Waals surface area contributed by atoms with Crippen molar-refractivity contribution in [3.8, 4) is 0 Å². The lowest BCUT2D eigenvalue weighted by molar-refractivity contribution is -0.565. The Morgan fingerprint density at radius 1 is 0.968 bits per heavy atom. The smallest absolute Gasteiger partial charge is 0.252 e. The number of nitrogens with zero attached hydrogens (tertiary/aromatic N) is 2. The van der Waals surface area contributed by atoms with E-state index in [1.165, 1.54) is 41.1 Å². The number of hydrogen-bond donors (Lipinski definition) is 1. The normalized spacial score (nSPS) is 19.3. The average molecular weight is 419 g/mol. The van der Waals surface area contributed by atoms with E-state index in [9.17, 15) is 18.7 Å². The van der Waals surface area contributed by atoms with Crippen LogP contribution in [0.4, 0.5) is 8.78 Å². The summed E-state index contributed by atoms with van der Waals surface area (Å²) in [6.45, 7) is 1.95. The maximum atomic E-state index is 13.3. The maximum absolute atomic E-state index is 13.3. The molecular weight excluding hydrogens is 400 g/mol. The predicted octanol–water partition coefficient (Wildman–Crippen LogP) is 2.93. The monoisotopic (exact) mass is 419 g/mol. The first-order chi connectivity index (χ1) is 14.9. The number of carbonyl (C=O) groups is 1. The van der Waals surface area contributed by atoms with Crippen molar-refractivity contribution in [3.05, 3.63) is 107 Å². The van der Waals surface area contributed by atoms with Gasteiger partial charge in [-0.15, -0.1) is 0 Å². The Morgan fingerprint density at radius 3 is 2.16 bits per heavy atom. The minimum absolute atomic E-state index is 0.234. The van der Waals surface area contributed by atoms with Crippen LogP contribution in [0, 0.1) is 18.6 Å². The molecule has 1 N–H and O–H groups in total. The topological polar surface area (TPSA) is 67.5 Å². The summed E-state index contributed by atoms with van der Waals surface area (Å²) in [5.41, 5.74) is 2.72. The molecule has 0 bridgehead atoms. The second-order valence-corrected chi connectivity index (χ2v) is 7.31. The fourth-order valence-electron chi connectivity index (χ4n) is 3.41. The second-order valence-electron chi connectivity index (χ2n) is 7.31. The molecular formula is C24H19F2N3O2. The number of carbonyl (C=O) groups excluding carboxylic acids is 1. The lowest BCUT2D eigenvalue weighted by Crippen LogP contribution is -2.47. The van der Waals surface area contributed by atoms with E-state index in [2.05, 4.69) is 10.4 Å². The highest BCUT2D eigenvalue weighted by atomic mass is 19.1. The zero-order chi connectivity index (χ0) is 22.0. The third-order valence-corrected chi connectivity index (χ3v) is 5.04. The van der Waals surface area contributed by atoms with Crippen LogP contribution in [0.25, 0.3) is 0 Å². The minimum Gasteiger partial charge on any atom is -0.856 e. The minimum atomic E-state index is -0.947. The number of hydrogen-bond acceptors (Lipinski definition) is 3. The van der Waals surface area contributed by atoms with Crippen molar-refractivity contribution in [2.45, 2.75) is 19.0 Å². The zero-order valence-electron chi connectivity index (χ0n) is 16.6. The van der Waals surface area contributed by atoms with Gasteiger partial charge in [0, 0.05) is 16.7 Å². The SMILES string of the molecule is Cc1ccc([C@H]2[C@@H](NC(=O)c3ccc(F)cc3)C([O-])=N/[N+]2=C\c2ccc(F)cc2)cc1. The predicted molar refractivity (Wildman–Crippen MR) is 111 cm³/mol. The van der Waals surface area contributed by atoms with Crippen molar-refractivity contribution < 1.29 is 23.4 Å². The van der Waals surface area contributed by atoms with E-state index in [-0.39, 0.29) is 11.4 Å². The summed E-state index contributed by atoms with van der Waals surface area (Å²) >= 11 is 0. The van der Waals surface area contributed by atoms with Gasteiger partial charge in [0.05, 0.1) is 5.90 Å². The number of aryl methyl sites for hydroxylation is 1. The Kier molecular flexibility index (Phi) is 5.58. The van der Waals surface area contributed by atoms with Crippen molar-refractivity contribution in [2.75, 3.05) is 0 Å². The Bertz CT molecular complexity index is 1150. The van der Waals surface area contributed by atoms with Crippen LogP contribution in [0.5, 0.6) is 0 Å². The summed E-state index contributed by atoms with van der Waals surface area (Å²) in [5, 5.41) is 19.6. The summed E-state index contributed by atoms with van der Waals surface area (Å²) in [5.74, 6) is -1.85. The molecule has 2 atom stereocenters. The molecule has 1 aliphatic heterocycles. The van der Waals surface area contributed by atoms with Crippen LogP contribution in [0.15, 0.2) is 77.9 Å². The van der Waals surface area contributed by atoms with E-state index in [1.54, 1.807) is 18.3 Å². The molecule has 0 unspecified atom stereocenters. The molecule has 7 heteroatoms. The molecule has 0 aliphatic carbocycles. The van der Waals surface area contributed by atoms with Gasteiger partial charge in [-0.25, -0.2) is 8.78 Å². The summed E-state index contributed by atoms with van der Waals surface area (Å²) in [4.78, 5) is 12.7. The van der Waals surface area contributed by atoms with E-state index < -0.39 is 29.7 Å². The highest BCUT2D eigenvalue weighted by Crippen LogP contribution is 2.27. The Labute approximate surface area is 178 Å². The number of nitrogens with one attached hydrogen (secondary N) is 1. The summed E-state index contributed by atoms with van der Waals surface area (Å²) in [7, 11) is 0. The standard InChI is InChI=1S/C24H19F2N3O2/c1-15-2-6-17(7-3-15)22-21(27-23(30)18-8-12-20(26)13-9-18)24(31)28-29(22)14-16-4-10-19(25)11-5-16/h2-14,21-22H,1H3,(H-,27,28,30,31)/b29-14-/t21-,22+/m1/s1. The van der Waals surface area contributed by atoms with Crippen LogP contribution < -0.4 is 10.4 Å². The lowest BCUT2D eigenvalue weighted by Gasteiger charge is -2.20. The van der Waals surface area contributed by atoms with E-state index >= 15 is 0 Å². The molecule has 0 saturated carbocycles. The molecule has 5 nitrogen and oxygen atoms in total. The van der Waals surface area contributed by atoms with E-state index in [1.807, 2.05) is 31.2 Å². The van der Waals surface area contributed by atoms with Gasteiger partial charge in [-0.1, -0.05) is 34.5 Å². The molecule has 3 aromatic carbocycles. The van der Waals surface area contributed by atoms with E-state index in [4.69, 9.17) is 0 Å². The van der Waals surface area contributed by atoms with Crippen molar-refractivity contribution in [1.82, 2.24) is 5.32 Å². The van der Waals surface area contributed by atoms with Crippen LogP contribution in [-0.4, -0.2) is 28.7 Å². The van der Waals surface area contributed by atoms with Gasteiger partial charge in [0.15, 0.2) is 0 Å². The number of benzene rings is 3. The quantitative estimate of drug-likeness (QED) is 0.661. The third-order valence-electron chi connectivity index (χ3n) is 5.04. The van der Waals surface area contributed by atoms with Gasteiger partial charge in [-0.2, -0.15) is 0 Å². The maximum Gasteiger partial charge on any atom is 0.252 e. The van der Waals surface area contributed by atoms with Gasteiger partial charge in [-0.3, -0.25) is 4.79 Å². The zero-order valence-corrected chi connectivity index (χ0v) is 16.6. The molecule has 0 saturated heterocycles. The van der Waals surface area contributed by atoms with Crippen LogP contribution in [-0.2, 0) is 0 Å². The van der Waals surface area contributed by atoms with Crippen molar-refractivity contribution >= 4 is 18.0 Å². The molecule has 1 amide bonds. The van der Waals surface area contributed by atoms with Gasteiger partial charge < -0.3 is 10.4 Å². The van der Waals surface area contributed by atoms with Crippen LogP contribution in [0.2, 0.25) is 0 Å². The molecule has 3 aromatic rings. The summed E-state index contributed by atoms with van der Waals surface area (Å²) in [6.07, 6.45) is 1.63. The molecule has 1 aliphatic rings. The van der Waals surface area contributed by atoms with E-state index in [0.29, 0.717) is 5.56 Å². The first kappa shape index (κ1) is 20.4. The number of amides is 1. The molecule has 1 heterocycles. The lowest BCUT2D eigenvalue weighted by atomic mass is 9.98. The molecule has 0 aromatic heterocycles. The van der Waals surface area contributed by atoms with Gasteiger partial charge >= 0.3 is 0 Å². The van der Waals surface area contributed by atoms with Gasteiger partial charge in [0.25, 0.3) is 5.91 Å². The Morgan fingerprint density at radius 2 is 1.55 bits per heavy atom. The Balaban J connectivity index is 1.69. The summed E-state index contributed by atoms with van der Waals surface area (Å²) in [6, 6.07) is 16.9. The van der Waals surface area contributed by atoms with Crippen LogP contribution >= 0.6 is 0 Å². The highest BCUT2D eigenvalue weighted by molar-refractivity contribution is 5.97. The highest BCUT2D eigenvalue weighted by Gasteiger charge is 2.41. The van der Waals surface area contributed by atoms with Crippen molar-refractivity contribution in [2.24, 2.45) is 5.10 Å². The van der Waals surface area contributed by atoms with E-state index in [0.717, 1.165) is 11.1 Å². The van der Waals surface area contributed by atoms with Crippen molar-refractivity contribution in [1.29, 1.82) is 0 Å². The number of halogens is 2. The first-order valence-electron chi connectivity index (χ1n) is 9.68. The molecule has 0 spiro atoms. The van der Waals surface area contributed by atoms with Crippen molar-refractivity contribution in [3.63, 3.8) is 0 Å². The molecule has 0 radical (unpaired) electrons. The van der Waals surface area contributed by atoms with Gasteiger partial charge in [0.2, 0.25) is 12.3 Å². The fraction of sp³-hybridized carbons (Fsp3) is 0.125. The van der Waals surface area contributed by atoms with Gasteiger partial charge in [-0.05, 0) is 60.6 Å². The Hall–Kier alpha value is -3.87. The third kappa shape index (κ3) is 4.50. The number of hydrazone groups is 1. The average Bonchev–Trinajstić information content (AvgIpc) is 3.05. The molecule has 31 heavy (non-hydrogen) atoms. The second kappa shape index (κ2) is 8.47. The van der Waals surface area contributed by atoms with Crippen LogP contribution in [0.1, 0.15) is 33.1 Å². The summed E-state index contributed by atoms with van der Waals surface area (Å²) < 4.78 is 27.9. The largest absolute Gasteiger partial charge is 0.856 e. The van der Waals surface area contributed by atoms with Gasteiger partial charge in [0.1, 0.15) is 17.7 Å². The molecule has 4 rings (SSSR count). The van der Waals surface area contributed by atoms with Crippen LogP contribution in [0.3, 0.4) is 0 Å². The first-order valence-corrected chi connectivity index (χ1v) is 9.68. The number of rotatable bonds is 4. The fourth-order valence-corrected chi connectivity index (χ4v) is 3.41. The molecule has 0 fully saturated rings. The molecule has 156 valence electrons.